The van der Waals surface area contributed by atoms with E-state index in [1.807, 2.05) is 25.1 Å². The van der Waals surface area contributed by atoms with E-state index in [-0.39, 0.29) is 22.4 Å². The molecule has 2 aliphatic rings. The summed E-state index contributed by atoms with van der Waals surface area (Å²) in [6.45, 7) is 3.41. The van der Waals surface area contributed by atoms with E-state index in [9.17, 15) is 29.3 Å². The van der Waals surface area contributed by atoms with E-state index >= 15 is 0 Å². The van der Waals surface area contributed by atoms with Crippen LogP contribution >= 0.6 is 0 Å². The SMILES string of the molecule is C[C@H](C(=O)N1c2ccccc2[C@@H](N(C(=O)c2cccc([N+](=O)[O-])c2)c2ccccc2)C[C@@H]1C)N1C(=O)c2ccccc2C1=O. The Labute approximate surface area is 253 Å². The van der Waals surface area contributed by atoms with E-state index < -0.39 is 46.7 Å². The molecule has 3 atom stereocenters. The summed E-state index contributed by atoms with van der Waals surface area (Å²) >= 11 is 0. The molecule has 0 saturated heterocycles. The molecule has 0 bridgehead atoms. The van der Waals surface area contributed by atoms with Gasteiger partial charge >= 0.3 is 0 Å². The Morgan fingerprint density at radius 3 is 2.14 bits per heavy atom. The number of carbonyl (C=O) groups is 4. The first kappa shape index (κ1) is 28.5. The third-order valence-corrected chi connectivity index (χ3v) is 8.24. The number of non-ortho nitro benzene ring substituents is 1. The minimum atomic E-state index is -1.08. The second-order valence-electron chi connectivity index (χ2n) is 10.9. The van der Waals surface area contributed by atoms with E-state index in [2.05, 4.69) is 0 Å². The number of carbonyl (C=O) groups excluding carboxylic acids is 4. The standard InChI is InChI=1S/C34H28N4O6/c1-21-19-30(37(24-12-4-3-5-13-24)32(40)23-11-10-14-25(20-23)38(43)44)28-17-8-9-18-29(28)35(21)31(39)22(2)36-33(41)26-15-6-7-16-27(26)34(36)42/h3-18,20-22,30H,19H2,1-2H3/t21-,22+,30-/m0/s1. The fourth-order valence-electron chi connectivity index (χ4n) is 6.15. The summed E-state index contributed by atoms with van der Waals surface area (Å²) in [4.78, 5) is 69.8. The number of nitrogens with zero attached hydrogens (tertiary/aromatic N) is 4. The highest BCUT2D eigenvalue weighted by Gasteiger charge is 2.45. The number of hydrogen-bond acceptors (Lipinski definition) is 6. The average molecular weight is 589 g/mol. The van der Waals surface area contributed by atoms with Crippen LogP contribution in [0.25, 0.3) is 0 Å². The van der Waals surface area contributed by atoms with Crippen molar-refractivity contribution in [2.24, 2.45) is 0 Å². The number of hydrogen-bond donors (Lipinski definition) is 0. The van der Waals surface area contributed by atoms with Crippen molar-refractivity contribution in [3.63, 3.8) is 0 Å². The molecule has 4 aromatic carbocycles. The van der Waals surface area contributed by atoms with E-state index in [0.29, 0.717) is 23.4 Å². The van der Waals surface area contributed by atoms with Crippen molar-refractivity contribution in [1.82, 2.24) is 4.90 Å². The first-order valence-electron chi connectivity index (χ1n) is 14.2. The maximum Gasteiger partial charge on any atom is 0.270 e. The Balaban J connectivity index is 1.39. The molecule has 0 saturated carbocycles. The Bertz CT molecular complexity index is 1790. The number of para-hydroxylation sites is 2. The van der Waals surface area contributed by atoms with Gasteiger partial charge in [-0.15, -0.1) is 0 Å². The van der Waals surface area contributed by atoms with Crippen LogP contribution in [-0.2, 0) is 4.79 Å². The van der Waals surface area contributed by atoms with Crippen LogP contribution in [0.3, 0.4) is 0 Å². The Hall–Kier alpha value is -5.64. The highest BCUT2D eigenvalue weighted by Crippen LogP contribution is 2.43. The molecule has 0 N–H and O–H groups in total. The molecule has 2 aliphatic heterocycles. The topological polar surface area (TPSA) is 121 Å². The number of amides is 4. The summed E-state index contributed by atoms with van der Waals surface area (Å²) in [5, 5.41) is 11.5. The highest BCUT2D eigenvalue weighted by atomic mass is 16.6. The van der Waals surface area contributed by atoms with Crippen molar-refractivity contribution in [1.29, 1.82) is 0 Å². The predicted molar refractivity (Wildman–Crippen MR) is 163 cm³/mol. The maximum absolute atomic E-state index is 14.2. The second-order valence-corrected chi connectivity index (χ2v) is 10.9. The largest absolute Gasteiger partial charge is 0.307 e. The lowest BCUT2D eigenvalue weighted by molar-refractivity contribution is -0.384. The maximum atomic E-state index is 14.2. The van der Waals surface area contributed by atoms with Crippen molar-refractivity contribution < 1.29 is 24.1 Å². The summed E-state index contributed by atoms with van der Waals surface area (Å²) in [6.07, 6.45) is 0.327. The monoisotopic (exact) mass is 588 g/mol. The Kier molecular flexibility index (Phi) is 7.26. The van der Waals surface area contributed by atoms with Gasteiger partial charge < -0.3 is 9.80 Å². The van der Waals surface area contributed by atoms with E-state index in [4.69, 9.17) is 0 Å². The second kappa shape index (κ2) is 11.2. The Morgan fingerprint density at radius 1 is 0.864 bits per heavy atom. The van der Waals surface area contributed by atoms with E-state index in [1.165, 1.54) is 18.2 Å². The Morgan fingerprint density at radius 2 is 1.48 bits per heavy atom. The average Bonchev–Trinajstić information content (AvgIpc) is 3.30. The number of nitro benzene ring substituents is 1. The fraction of sp³-hybridized carbons (Fsp3) is 0.176. The normalized spacial score (nSPS) is 18.0. The molecular formula is C34H28N4O6. The molecule has 4 aromatic rings. The molecule has 6 rings (SSSR count). The molecule has 0 unspecified atom stereocenters. The van der Waals surface area contributed by atoms with Gasteiger partial charge in [-0.1, -0.05) is 54.6 Å². The van der Waals surface area contributed by atoms with Gasteiger partial charge in [0.05, 0.1) is 22.1 Å². The molecule has 4 amide bonds. The number of fused-ring (bicyclic) bond motifs is 2. The number of benzene rings is 4. The van der Waals surface area contributed by atoms with E-state index in [0.717, 1.165) is 4.90 Å². The molecule has 10 heteroatoms. The third-order valence-electron chi connectivity index (χ3n) is 8.24. The van der Waals surface area contributed by atoms with Gasteiger partial charge in [0.1, 0.15) is 6.04 Å². The van der Waals surface area contributed by atoms with Gasteiger partial charge in [-0.05, 0) is 62.2 Å². The first-order chi connectivity index (χ1) is 21.2. The number of anilines is 2. The summed E-state index contributed by atoms with van der Waals surface area (Å²) < 4.78 is 0. The molecule has 220 valence electrons. The number of rotatable bonds is 6. The van der Waals surface area contributed by atoms with Crippen LogP contribution in [0.15, 0.2) is 103 Å². The van der Waals surface area contributed by atoms with Crippen LogP contribution in [0.2, 0.25) is 0 Å². The number of nitro groups is 1. The first-order valence-corrected chi connectivity index (χ1v) is 14.2. The van der Waals surface area contributed by atoms with E-state index in [1.54, 1.807) is 83.5 Å². The highest BCUT2D eigenvalue weighted by molar-refractivity contribution is 6.23. The zero-order valence-electron chi connectivity index (χ0n) is 24.0. The fourth-order valence-corrected chi connectivity index (χ4v) is 6.15. The lowest BCUT2D eigenvalue weighted by Crippen LogP contribution is -2.55. The minimum Gasteiger partial charge on any atom is -0.307 e. The summed E-state index contributed by atoms with van der Waals surface area (Å²) in [7, 11) is 0. The van der Waals surface area contributed by atoms with Gasteiger partial charge in [0.2, 0.25) is 5.91 Å². The van der Waals surface area contributed by atoms with Crippen molar-refractivity contribution >= 4 is 40.7 Å². The van der Waals surface area contributed by atoms with Crippen molar-refractivity contribution in [2.75, 3.05) is 9.80 Å². The van der Waals surface area contributed by atoms with Crippen molar-refractivity contribution in [2.45, 2.75) is 38.4 Å². The summed E-state index contributed by atoms with van der Waals surface area (Å²) in [5.74, 6) is -1.87. The molecule has 2 heterocycles. The van der Waals surface area contributed by atoms with Crippen LogP contribution in [0.1, 0.15) is 62.9 Å². The van der Waals surface area contributed by atoms with Gasteiger partial charge in [0.15, 0.2) is 0 Å². The predicted octanol–water partition coefficient (Wildman–Crippen LogP) is 5.79. The van der Waals surface area contributed by atoms with Crippen LogP contribution in [0.4, 0.5) is 17.1 Å². The van der Waals surface area contributed by atoms with Gasteiger partial charge in [0.25, 0.3) is 23.4 Å². The van der Waals surface area contributed by atoms with Crippen LogP contribution < -0.4 is 9.80 Å². The quantitative estimate of drug-likeness (QED) is 0.160. The van der Waals surface area contributed by atoms with Crippen LogP contribution in [0.5, 0.6) is 0 Å². The van der Waals surface area contributed by atoms with Crippen molar-refractivity contribution in [3.05, 3.63) is 135 Å². The minimum absolute atomic E-state index is 0.158. The molecule has 0 fully saturated rings. The van der Waals surface area contributed by atoms with Crippen LogP contribution in [0, 0.1) is 10.1 Å². The zero-order valence-corrected chi connectivity index (χ0v) is 24.0. The molecule has 0 spiro atoms. The van der Waals surface area contributed by atoms with Crippen LogP contribution in [-0.4, -0.2) is 45.5 Å². The van der Waals surface area contributed by atoms with Gasteiger partial charge in [-0.25, -0.2) is 0 Å². The number of imide groups is 1. The third kappa shape index (κ3) is 4.70. The zero-order chi connectivity index (χ0) is 31.1. The molecule has 10 nitrogen and oxygen atoms in total. The van der Waals surface area contributed by atoms with Crippen molar-refractivity contribution in [3.8, 4) is 0 Å². The molecular weight excluding hydrogens is 560 g/mol. The van der Waals surface area contributed by atoms with Gasteiger partial charge in [-0.3, -0.25) is 34.2 Å². The van der Waals surface area contributed by atoms with Gasteiger partial charge in [0, 0.05) is 35.1 Å². The molecule has 0 aromatic heterocycles. The molecule has 0 radical (unpaired) electrons. The molecule has 0 aliphatic carbocycles. The summed E-state index contributed by atoms with van der Waals surface area (Å²) in [6, 6.07) is 26.3. The molecule has 44 heavy (non-hydrogen) atoms. The van der Waals surface area contributed by atoms with Gasteiger partial charge in [-0.2, -0.15) is 0 Å². The lowest BCUT2D eigenvalue weighted by atomic mass is 9.89. The summed E-state index contributed by atoms with van der Waals surface area (Å²) in [5.41, 5.74) is 2.33. The lowest BCUT2D eigenvalue weighted by Gasteiger charge is -2.44. The smallest absolute Gasteiger partial charge is 0.270 e.